The van der Waals surface area contributed by atoms with Gasteiger partial charge in [0.25, 0.3) is 5.91 Å². The molecule has 1 aromatic heterocycles. The van der Waals surface area contributed by atoms with E-state index in [4.69, 9.17) is 4.74 Å². The van der Waals surface area contributed by atoms with E-state index >= 15 is 0 Å². The lowest BCUT2D eigenvalue weighted by Gasteiger charge is -2.12. The van der Waals surface area contributed by atoms with Crippen molar-refractivity contribution >= 4 is 27.3 Å². The van der Waals surface area contributed by atoms with Gasteiger partial charge in [-0.25, -0.2) is 4.39 Å². The van der Waals surface area contributed by atoms with Gasteiger partial charge in [-0.05, 0) is 25.0 Å². The molecule has 1 fully saturated rings. The van der Waals surface area contributed by atoms with Crippen molar-refractivity contribution in [1.29, 1.82) is 0 Å². The fraction of sp³-hybridized carbons (Fsp3) is 0.438. The van der Waals surface area contributed by atoms with Crippen LogP contribution in [-0.2, 0) is 11.3 Å². The van der Waals surface area contributed by atoms with Crippen molar-refractivity contribution in [1.82, 2.24) is 5.32 Å². The predicted molar refractivity (Wildman–Crippen MR) is 83.6 cm³/mol. The minimum absolute atomic E-state index is 0.0826. The minimum Gasteiger partial charge on any atom is -0.396 e. The molecule has 0 aliphatic heterocycles. The molecule has 1 amide bonds. The Balaban J connectivity index is 1.90. The van der Waals surface area contributed by atoms with Crippen LogP contribution in [-0.4, -0.2) is 31.3 Å². The van der Waals surface area contributed by atoms with Crippen LogP contribution in [0.3, 0.4) is 0 Å². The number of carbonyl (C=O) groups is 1. The van der Waals surface area contributed by atoms with Crippen LogP contribution in [0.5, 0.6) is 0 Å². The van der Waals surface area contributed by atoms with Crippen molar-refractivity contribution in [3.8, 4) is 0 Å². The summed E-state index contributed by atoms with van der Waals surface area (Å²) in [6.07, 6.45) is 1.85. The Bertz CT molecular complexity index is 709. The van der Waals surface area contributed by atoms with Crippen molar-refractivity contribution in [2.45, 2.75) is 19.4 Å². The van der Waals surface area contributed by atoms with Crippen LogP contribution in [0.2, 0.25) is 0 Å². The lowest BCUT2D eigenvalue weighted by atomic mass is 10.1. The van der Waals surface area contributed by atoms with Gasteiger partial charge in [0.1, 0.15) is 5.82 Å². The van der Waals surface area contributed by atoms with Gasteiger partial charge >= 0.3 is 0 Å². The fourth-order valence-electron chi connectivity index (χ4n) is 2.55. The van der Waals surface area contributed by atoms with Crippen LogP contribution >= 0.6 is 11.3 Å². The molecule has 2 aromatic rings. The summed E-state index contributed by atoms with van der Waals surface area (Å²) in [6, 6.07) is 4.83. The predicted octanol–water partition coefficient (Wildman–Crippen LogP) is 2.69. The summed E-state index contributed by atoms with van der Waals surface area (Å²) in [6.45, 7) is 0.722. The Kier molecular flexibility index (Phi) is 4.16. The van der Waals surface area contributed by atoms with Crippen LogP contribution in [0, 0.1) is 11.2 Å². The van der Waals surface area contributed by atoms with Gasteiger partial charge in [-0.2, -0.15) is 0 Å². The Morgan fingerprint density at radius 3 is 2.91 bits per heavy atom. The first-order valence-electron chi connectivity index (χ1n) is 7.18. The molecule has 4 nitrogen and oxygen atoms in total. The second kappa shape index (κ2) is 5.95. The molecular formula is C16H18FNO3S. The third-order valence-corrected chi connectivity index (χ3v) is 5.37. The standard InChI is InChI=1S/C16H18FNO3S/c1-21-7-10-13-11(17)3-2-4-12(13)22-14(10)15(20)18-8-16(9-19)5-6-16/h2-4,19H,5-9H2,1H3,(H,18,20). The van der Waals surface area contributed by atoms with E-state index in [9.17, 15) is 14.3 Å². The summed E-state index contributed by atoms with van der Waals surface area (Å²) in [7, 11) is 1.52. The number of hydrogen-bond acceptors (Lipinski definition) is 4. The summed E-state index contributed by atoms with van der Waals surface area (Å²) >= 11 is 1.27. The summed E-state index contributed by atoms with van der Waals surface area (Å²) in [5.41, 5.74) is 0.436. The average molecular weight is 323 g/mol. The number of methoxy groups -OCH3 is 1. The van der Waals surface area contributed by atoms with Gasteiger partial charge in [0.05, 0.1) is 18.1 Å². The summed E-state index contributed by atoms with van der Waals surface area (Å²) in [5, 5.41) is 12.6. The van der Waals surface area contributed by atoms with Gasteiger partial charge in [0.15, 0.2) is 0 Å². The van der Waals surface area contributed by atoms with Crippen molar-refractivity contribution in [3.63, 3.8) is 0 Å². The molecule has 22 heavy (non-hydrogen) atoms. The van der Waals surface area contributed by atoms with Gasteiger partial charge in [0, 0.05) is 34.7 Å². The number of carbonyl (C=O) groups excluding carboxylic acids is 1. The Hall–Kier alpha value is -1.50. The number of halogens is 1. The topological polar surface area (TPSA) is 58.6 Å². The third-order valence-electron chi connectivity index (χ3n) is 4.17. The highest BCUT2D eigenvalue weighted by atomic mass is 32.1. The monoisotopic (exact) mass is 323 g/mol. The number of amides is 1. The molecule has 3 rings (SSSR count). The fourth-order valence-corrected chi connectivity index (χ4v) is 3.69. The normalized spacial score (nSPS) is 16.0. The first kappa shape index (κ1) is 15.4. The van der Waals surface area contributed by atoms with Gasteiger partial charge in [-0.1, -0.05) is 6.07 Å². The molecule has 118 valence electrons. The number of benzene rings is 1. The average Bonchev–Trinajstić information content (AvgIpc) is 3.21. The molecule has 1 heterocycles. The van der Waals surface area contributed by atoms with Crippen LogP contribution in [0.15, 0.2) is 18.2 Å². The maximum Gasteiger partial charge on any atom is 0.261 e. The van der Waals surface area contributed by atoms with Crippen LogP contribution in [0.4, 0.5) is 4.39 Å². The van der Waals surface area contributed by atoms with Crippen LogP contribution < -0.4 is 5.32 Å². The van der Waals surface area contributed by atoms with Crippen LogP contribution in [0.1, 0.15) is 28.1 Å². The number of ether oxygens (including phenoxy) is 1. The van der Waals surface area contributed by atoms with Crippen LogP contribution in [0.25, 0.3) is 10.1 Å². The molecule has 1 aliphatic rings. The van der Waals surface area contributed by atoms with E-state index in [2.05, 4.69) is 5.32 Å². The maximum absolute atomic E-state index is 14.1. The third kappa shape index (κ3) is 2.74. The number of fused-ring (bicyclic) bond motifs is 1. The molecule has 0 spiro atoms. The lowest BCUT2D eigenvalue weighted by molar-refractivity contribution is 0.0935. The van der Waals surface area contributed by atoms with Gasteiger partial charge in [-0.15, -0.1) is 11.3 Å². The zero-order valence-electron chi connectivity index (χ0n) is 12.3. The first-order valence-corrected chi connectivity index (χ1v) is 8.00. The molecule has 6 heteroatoms. The van der Waals surface area contributed by atoms with Crippen molar-refractivity contribution < 1.29 is 19.0 Å². The quantitative estimate of drug-likeness (QED) is 0.859. The largest absolute Gasteiger partial charge is 0.396 e. The highest BCUT2D eigenvalue weighted by Crippen LogP contribution is 2.44. The van der Waals surface area contributed by atoms with E-state index in [1.54, 1.807) is 12.1 Å². The van der Waals surface area contributed by atoms with Crippen molar-refractivity contribution in [3.05, 3.63) is 34.5 Å². The van der Waals surface area contributed by atoms with Gasteiger partial charge < -0.3 is 15.2 Å². The Morgan fingerprint density at radius 2 is 2.27 bits per heavy atom. The van der Waals surface area contributed by atoms with Crippen molar-refractivity contribution in [2.75, 3.05) is 20.3 Å². The Morgan fingerprint density at radius 1 is 1.50 bits per heavy atom. The Labute approximate surface area is 131 Å². The number of aliphatic hydroxyl groups is 1. The molecule has 0 radical (unpaired) electrons. The van der Waals surface area contributed by atoms with E-state index in [-0.39, 0.29) is 30.4 Å². The highest BCUT2D eigenvalue weighted by molar-refractivity contribution is 7.21. The smallest absolute Gasteiger partial charge is 0.261 e. The van der Waals surface area contributed by atoms with Crippen molar-refractivity contribution in [2.24, 2.45) is 5.41 Å². The molecule has 0 bridgehead atoms. The lowest BCUT2D eigenvalue weighted by Crippen LogP contribution is -2.31. The van der Waals surface area contributed by atoms with Gasteiger partial charge in [0.2, 0.25) is 0 Å². The molecule has 1 aliphatic carbocycles. The van der Waals surface area contributed by atoms with E-state index in [1.807, 2.05) is 0 Å². The SMILES string of the molecule is COCc1c(C(=O)NCC2(CO)CC2)sc2cccc(F)c12. The summed E-state index contributed by atoms with van der Waals surface area (Å²) < 4.78 is 19.9. The molecule has 2 N–H and O–H groups in total. The van der Waals surface area contributed by atoms with E-state index in [1.165, 1.54) is 24.5 Å². The number of rotatable bonds is 6. The number of hydrogen-bond donors (Lipinski definition) is 2. The summed E-state index contributed by atoms with van der Waals surface area (Å²) in [5.74, 6) is -0.568. The van der Waals surface area contributed by atoms with E-state index in [0.717, 1.165) is 17.5 Å². The molecular weight excluding hydrogens is 305 g/mol. The number of thiophene rings is 1. The number of nitrogens with one attached hydrogen (secondary N) is 1. The molecule has 0 unspecified atom stereocenters. The van der Waals surface area contributed by atoms with E-state index in [0.29, 0.717) is 22.4 Å². The molecule has 0 atom stereocenters. The highest BCUT2D eigenvalue weighted by Gasteiger charge is 2.42. The van der Waals surface area contributed by atoms with Gasteiger partial charge in [-0.3, -0.25) is 4.79 Å². The first-order chi connectivity index (χ1) is 10.6. The second-order valence-corrected chi connectivity index (χ2v) is 6.85. The zero-order valence-corrected chi connectivity index (χ0v) is 13.1. The van der Waals surface area contributed by atoms with E-state index < -0.39 is 0 Å². The minimum atomic E-state index is -0.339. The molecule has 0 saturated heterocycles. The second-order valence-electron chi connectivity index (χ2n) is 5.80. The number of aliphatic hydroxyl groups excluding tert-OH is 1. The summed E-state index contributed by atoms with van der Waals surface area (Å²) in [4.78, 5) is 12.9. The zero-order chi connectivity index (χ0) is 15.7. The molecule has 1 saturated carbocycles. The molecule has 1 aromatic carbocycles. The maximum atomic E-state index is 14.1.